The lowest BCUT2D eigenvalue weighted by Gasteiger charge is -2.23. The van der Waals surface area contributed by atoms with E-state index in [0.29, 0.717) is 18.2 Å². The maximum atomic E-state index is 11.8. The molecule has 0 aromatic rings. The monoisotopic (exact) mass is 179 g/mol. The second-order valence-electron chi connectivity index (χ2n) is 4.23. The van der Waals surface area contributed by atoms with Gasteiger partial charge < -0.3 is 5.73 Å². The third kappa shape index (κ3) is 1.24. The summed E-state index contributed by atoms with van der Waals surface area (Å²) < 4.78 is 0. The molecule has 2 aliphatic rings. The number of carbonyl (C=O) groups excluding carboxylic acids is 1. The van der Waals surface area contributed by atoms with Crippen LogP contribution in [0.3, 0.4) is 0 Å². The molecule has 2 rings (SSSR count). The van der Waals surface area contributed by atoms with Crippen LogP contribution in [-0.4, -0.2) is 12.3 Å². The van der Waals surface area contributed by atoms with E-state index in [1.54, 1.807) is 0 Å². The van der Waals surface area contributed by atoms with Crippen LogP contribution in [0.5, 0.6) is 0 Å². The third-order valence-electron chi connectivity index (χ3n) is 3.66. The van der Waals surface area contributed by atoms with E-state index in [0.717, 1.165) is 19.3 Å². The molecule has 0 aromatic carbocycles. The van der Waals surface area contributed by atoms with Gasteiger partial charge in [-0.2, -0.15) is 0 Å². The predicted molar refractivity (Wildman–Crippen MR) is 52.2 cm³/mol. The van der Waals surface area contributed by atoms with E-state index < -0.39 is 0 Å². The Morgan fingerprint density at radius 2 is 2.38 bits per heavy atom. The molecular weight excluding hydrogens is 162 g/mol. The lowest BCUT2D eigenvalue weighted by Crippen LogP contribution is -2.25. The topological polar surface area (TPSA) is 43.1 Å². The van der Waals surface area contributed by atoms with Crippen molar-refractivity contribution >= 4 is 5.78 Å². The van der Waals surface area contributed by atoms with Gasteiger partial charge in [-0.3, -0.25) is 4.79 Å². The lowest BCUT2D eigenvalue weighted by molar-refractivity contribution is -0.124. The summed E-state index contributed by atoms with van der Waals surface area (Å²) in [6, 6.07) is 0. The molecule has 72 valence electrons. The van der Waals surface area contributed by atoms with Crippen LogP contribution in [0.15, 0.2) is 12.2 Å². The molecule has 2 heteroatoms. The molecule has 13 heavy (non-hydrogen) atoms. The molecule has 0 spiro atoms. The minimum Gasteiger partial charge on any atom is -0.327 e. The van der Waals surface area contributed by atoms with Crippen molar-refractivity contribution in [2.45, 2.75) is 32.1 Å². The Hall–Kier alpha value is -0.630. The maximum Gasteiger partial charge on any atom is 0.143 e. The van der Waals surface area contributed by atoms with Crippen LogP contribution >= 0.6 is 0 Å². The average molecular weight is 179 g/mol. The van der Waals surface area contributed by atoms with Crippen LogP contribution < -0.4 is 5.73 Å². The van der Waals surface area contributed by atoms with Crippen molar-refractivity contribution in [2.24, 2.45) is 17.1 Å². The van der Waals surface area contributed by atoms with Crippen LogP contribution in [0.4, 0.5) is 0 Å². The molecule has 2 aliphatic carbocycles. The van der Waals surface area contributed by atoms with Gasteiger partial charge >= 0.3 is 0 Å². The summed E-state index contributed by atoms with van der Waals surface area (Å²) in [7, 11) is 0. The van der Waals surface area contributed by atoms with Gasteiger partial charge in [0.2, 0.25) is 0 Å². The number of hydrogen-bond acceptors (Lipinski definition) is 2. The normalized spacial score (nSPS) is 38.8. The Kier molecular flexibility index (Phi) is 2.24. The van der Waals surface area contributed by atoms with Crippen molar-refractivity contribution in [3.63, 3.8) is 0 Å². The molecule has 2 saturated carbocycles. The van der Waals surface area contributed by atoms with Gasteiger partial charge in [-0.05, 0) is 25.2 Å². The van der Waals surface area contributed by atoms with Gasteiger partial charge in [0.15, 0.2) is 0 Å². The number of Topliss-reactive ketones (excluding diaryl/α,β-unsaturated/α-hetero) is 1. The Balaban J connectivity index is 2.24. The molecule has 2 nitrogen and oxygen atoms in total. The molecule has 0 aliphatic heterocycles. The van der Waals surface area contributed by atoms with Crippen molar-refractivity contribution in [1.29, 1.82) is 0 Å². The number of hydrogen-bond donors (Lipinski definition) is 1. The minimum absolute atomic E-state index is 0.0840. The summed E-state index contributed by atoms with van der Waals surface area (Å²) in [5.41, 5.74) is 5.35. The van der Waals surface area contributed by atoms with Gasteiger partial charge in [0, 0.05) is 18.4 Å². The fourth-order valence-corrected chi connectivity index (χ4v) is 3.00. The van der Waals surface area contributed by atoms with E-state index in [9.17, 15) is 4.79 Å². The second kappa shape index (κ2) is 3.26. The summed E-state index contributed by atoms with van der Waals surface area (Å²) >= 11 is 0. The molecule has 0 bridgehead atoms. The van der Waals surface area contributed by atoms with Gasteiger partial charge in [0.05, 0.1) is 0 Å². The van der Waals surface area contributed by atoms with Crippen LogP contribution in [0.25, 0.3) is 0 Å². The summed E-state index contributed by atoms with van der Waals surface area (Å²) in [5, 5.41) is 0. The molecule has 0 amide bonds. The highest BCUT2D eigenvalue weighted by molar-refractivity contribution is 5.89. The van der Waals surface area contributed by atoms with Crippen LogP contribution in [0.1, 0.15) is 32.1 Å². The van der Waals surface area contributed by atoms with Gasteiger partial charge in [-0.1, -0.05) is 18.6 Å². The van der Waals surface area contributed by atoms with Crippen molar-refractivity contribution in [2.75, 3.05) is 6.54 Å². The standard InChI is InChI=1S/C11H17NO/c12-8-2-7-11-6-1-3-9(11)4-5-10(11)13/h2,7,9H,1,3-6,8,12H2. The fourth-order valence-electron chi connectivity index (χ4n) is 3.00. The molecule has 2 atom stereocenters. The summed E-state index contributed by atoms with van der Waals surface area (Å²) in [6.07, 6.45) is 9.47. The summed E-state index contributed by atoms with van der Waals surface area (Å²) in [6.45, 7) is 0.557. The first-order chi connectivity index (χ1) is 6.29. The first-order valence-electron chi connectivity index (χ1n) is 5.20. The Bertz CT molecular complexity index is 246. The Labute approximate surface area is 79.2 Å². The highest BCUT2D eigenvalue weighted by Crippen LogP contribution is 2.52. The highest BCUT2D eigenvalue weighted by atomic mass is 16.1. The predicted octanol–water partition coefficient (Wildman–Crippen LogP) is 1.65. The highest BCUT2D eigenvalue weighted by Gasteiger charge is 2.50. The number of ketones is 1. The first kappa shape index (κ1) is 8.95. The third-order valence-corrected chi connectivity index (χ3v) is 3.66. The first-order valence-corrected chi connectivity index (χ1v) is 5.20. The zero-order chi connectivity index (χ0) is 9.31. The average Bonchev–Trinajstić information content (AvgIpc) is 2.65. The van der Waals surface area contributed by atoms with Crippen molar-refractivity contribution in [1.82, 2.24) is 0 Å². The molecule has 2 N–H and O–H groups in total. The van der Waals surface area contributed by atoms with Crippen molar-refractivity contribution in [3.05, 3.63) is 12.2 Å². The number of nitrogens with two attached hydrogens (primary N) is 1. The van der Waals surface area contributed by atoms with Gasteiger partial charge in [-0.25, -0.2) is 0 Å². The number of allylic oxidation sites excluding steroid dienone is 1. The van der Waals surface area contributed by atoms with Gasteiger partial charge in [0.1, 0.15) is 5.78 Å². The van der Waals surface area contributed by atoms with E-state index >= 15 is 0 Å². The van der Waals surface area contributed by atoms with E-state index in [2.05, 4.69) is 6.08 Å². The molecule has 2 unspecified atom stereocenters. The number of carbonyl (C=O) groups is 1. The number of rotatable bonds is 2. The zero-order valence-corrected chi connectivity index (χ0v) is 7.96. The molecule has 0 heterocycles. The Morgan fingerprint density at radius 1 is 1.54 bits per heavy atom. The van der Waals surface area contributed by atoms with Crippen LogP contribution in [0, 0.1) is 11.3 Å². The van der Waals surface area contributed by atoms with Crippen molar-refractivity contribution < 1.29 is 4.79 Å². The smallest absolute Gasteiger partial charge is 0.143 e. The van der Waals surface area contributed by atoms with E-state index in [1.165, 1.54) is 12.8 Å². The minimum atomic E-state index is -0.0840. The molecule has 0 aromatic heterocycles. The summed E-state index contributed by atoms with van der Waals surface area (Å²) in [4.78, 5) is 11.8. The SMILES string of the molecule is NCC=CC12CCCC1CCC2=O. The second-order valence-corrected chi connectivity index (χ2v) is 4.23. The summed E-state index contributed by atoms with van der Waals surface area (Å²) in [5.74, 6) is 1.09. The fraction of sp³-hybridized carbons (Fsp3) is 0.727. The molecule has 2 fully saturated rings. The van der Waals surface area contributed by atoms with Gasteiger partial charge in [-0.15, -0.1) is 0 Å². The zero-order valence-electron chi connectivity index (χ0n) is 7.96. The van der Waals surface area contributed by atoms with Gasteiger partial charge in [0.25, 0.3) is 0 Å². The van der Waals surface area contributed by atoms with Crippen LogP contribution in [-0.2, 0) is 4.79 Å². The molecular formula is C11H17NO. The van der Waals surface area contributed by atoms with Crippen LogP contribution in [0.2, 0.25) is 0 Å². The van der Waals surface area contributed by atoms with E-state index in [4.69, 9.17) is 5.73 Å². The van der Waals surface area contributed by atoms with Crippen molar-refractivity contribution in [3.8, 4) is 0 Å². The molecule has 0 radical (unpaired) electrons. The van der Waals surface area contributed by atoms with E-state index in [1.807, 2.05) is 6.08 Å². The Morgan fingerprint density at radius 3 is 3.15 bits per heavy atom. The quantitative estimate of drug-likeness (QED) is 0.655. The molecule has 0 saturated heterocycles. The number of fused-ring (bicyclic) bond motifs is 1. The largest absolute Gasteiger partial charge is 0.327 e. The van der Waals surface area contributed by atoms with E-state index in [-0.39, 0.29) is 5.41 Å². The maximum absolute atomic E-state index is 11.8. The lowest BCUT2D eigenvalue weighted by atomic mass is 9.79.